The first-order chi connectivity index (χ1) is 10.4. The SMILES string of the molecule is NCCc1c(OCC2CCOCC2)ccc2ccccc12. The Kier molecular flexibility index (Phi) is 4.73. The Morgan fingerprint density at radius 2 is 1.90 bits per heavy atom. The number of ether oxygens (including phenoxy) is 2. The largest absolute Gasteiger partial charge is 0.493 e. The van der Waals surface area contributed by atoms with Crippen molar-refractivity contribution in [2.75, 3.05) is 26.4 Å². The average Bonchev–Trinajstić information content (AvgIpc) is 2.55. The maximum absolute atomic E-state index is 6.13. The van der Waals surface area contributed by atoms with Gasteiger partial charge in [-0.05, 0) is 48.6 Å². The molecule has 0 spiro atoms. The summed E-state index contributed by atoms with van der Waals surface area (Å²) in [6, 6.07) is 12.7. The normalized spacial score (nSPS) is 16.2. The van der Waals surface area contributed by atoms with Crippen molar-refractivity contribution >= 4 is 10.8 Å². The summed E-state index contributed by atoms with van der Waals surface area (Å²) in [6.07, 6.45) is 3.05. The third-order valence-electron chi connectivity index (χ3n) is 4.21. The highest BCUT2D eigenvalue weighted by Gasteiger charge is 2.16. The molecule has 0 aromatic heterocycles. The quantitative estimate of drug-likeness (QED) is 0.918. The third-order valence-corrected chi connectivity index (χ3v) is 4.21. The summed E-state index contributed by atoms with van der Waals surface area (Å²) in [6.45, 7) is 3.14. The molecule has 1 fully saturated rings. The van der Waals surface area contributed by atoms with E-state index in [2.05, 4.69) is 36.4 Å². The highest BCUT2D eigenvalue weighted by Crippen LogP contribution is 2.29. The molecule has 0 atom stereocenters. The second kappa shape index (κ2) is 6.92. The van der Waals surface area contributed by atoms with E-state index in [1.807, 2.05) is 0 Å². The molecule has 2 aromatic rings. The van der Waals surface area contributed by atoms with Gasteiger partial charge in [-0.2, -0.15) is 0 Å². The van der Waals surface area contributed by atoms with Crippen LogP contribution in [0, 0.1) is 5.92 Å². The number of nitrogens with two attached hydrogens (primary N) is 1. The van der Waals surface area contributed by atoms with Crippen molar-refractivity contribution in [1.29, 1.82) is 0 Å². The average molecular weight is 285 g/mol. The zero-order chi connectivity index (χ0) is 14.5. The minimum absolute atomic E-state index is 0.607. The number of fused-ring (bicyclic) bond motifs is 1. The van der Waals surface area contributed by atoms with Crippen molar-refractivity contribution in [3.63, 3.8) is 0 Å². The van der Waals surface area contributed by atoms with Gasteiger partial charge in [0.25, 0.3) is 0 Å². The summed E-state index contributed by atoms with van der Waals surface area (Å²) < 4.78 is 11.5. The number of hydrogen-bond donors (Lipinski definition) is 1. The van der Waals surface area contributed by atoms with Gasteiger partial charge in [0.05, 0.1) is 6.61 Å². The van der Waals surface area contributed by atoms with E-state index in [1.165, 1.54) is 16.3 Å². The van der Waals surface area contributed by atoms with Crippen molar-refractivity contribution in [3.8, 4) is 5.75 Å². The van der Waals surface area contributed by atoms with Crippen molar-refractivity contribution in [3.05, 3.63) is 42.0 Å². The lowest BCUT2D eigenvalue weighted by Gasteiger charge is -2.23. The Balaban J connectivity index is 1.81. The van der Waals surface area contributed by atoms with E-state index in [9.17, 15) is 0 Å². The Hall–Kier alpha value is -1.58. The molecule has 2 aromatic carbocycles. The zero-order valence-corrected chi connectivity index (χ0v) is 12.4. The minimum atomic E-state index is 0.607. The fourth-order valence-electron chi connectivity index (χ4n) is 2.97. The first-order valence-electron chi connectivity index (χ1n) is 7.79. The summed E-state index contributed by atoms with van der Waals surface area (Å²) >= 11 is 0. The van der Waals surface area contributed by atoms with E-state index in [0.29, 0.717) is 12.5 Å². The van der Waals surface area contributed by atoms with Crippen LogP contribution in [0.15, 0.2) is 36.4 Å². The van der Waals surface area contributed by atoms with Gasteiger partial charge in [-0.3, -0.25) is 0 Å². The van der Waals surface area contributed by atoms with E-state index < -0.39 is 0 Å². The van der Waals surface area contributed by atoms with Gasteiger partial charge in [0.15, 0.2) is 0 Å². The molecular formula is C18H23NO2. The van der Waals surface area contributed by atoms with Crippen LogP contribution in [0.3, 0.4) is 0 Å². The molecule has 1 saturated heterocycles. The molecule has 112 valence electrons. The highest BCUT2D eigenvalue weighted by molar-refractivity contribution is 5.87. The van der Waals surface area contributed by atoms with Gasteiger partial charge in [-0.15, -0.1) is 0 Å². The van der Waals surface area contributed by atoms with Crippen molar-refractivity contribution < 1.29 is 9.47 Å². The van der Waals surface area contributed by atoms with Gasteiger partial charge in [0, 0.05) is 18.8 Å². The van der Waals surface area contributed by atoms with Crippen LogP contribution in [0.4, 0.5) is 0 Å². The summed E-state index contributed by atoms with van der Waals surface area (Å²) in [4.78, 5) is 0. The first-order valence-corrected chi connectivity index (χ1v) is 7.79. The molecule has 0 saturated carbocycles. The topological polar surface area (TPSA) is 44.5 Å². The molecule has 1 heterocycles. The molecule has 0 bridgehead atoms. The molecule has 3 heteroatoms. The van der Waals surface area contributed by atoms with Gasteiger partial charge >= 0.3 is 0 Å². The van der Waals surface area contributed by atoms with E-state index in [0.717, 1.165) is 44.8 Å². The smallest absolute Gasteiger partial charge is 0.123 e. The zero-order valence-electron chi connectivity index (χ0n) is 12.4. The number of benzene rings is 2. The molecule has 0 aliphatic carbocycles. The second-order valence-electron chi connectivity index (χ2n) is 5.67. The molecular weight excluding hydrogens is 262 g/mol. The van der Waals surface area contributed by atoms with Crippen molar-refractivity contribution in [2.45, 2.75) is 19.3 Å². The Morgan fingerprint density at radius 1 is 1.10 bits per heavy atom. The summed E-state index contributed by atoms with van der Waals surface area (Å²) in [5, 5.41) is 2.51. The molecule has 2 N–H and O–H groups in total. The minimum Gasteiger partial charge on any atom is -0.493 e. The van der Waals surface area contributed by atoms with E-state index in [4.69, 9.17) is 15.2 Å². The summed E-state index contributed by atoms with van der Waals surface area (Å²) in [5.74, 6) is 1.60. The van der Waals surface area contributed by atoms with Gasteiger partial charge < -0.3 is 15.2 Å². The summed E-state index contributed by atoms with van der Waals surface area (Å²) in [5.41, 5.74) is 7.03. The van der Waals surface area contributed by atoms with Crippen LogP contribution in [-0.2, 0) is 11.2 Å². The lowest BCUT2D eigenvalue weighted by Crippen LogP contribution is -2.21. The molecule has 0 unspecified atom stereocenters. The van der Waals surface area contributed by atoms with Crippen LogP contribution in [0.2, 0.25) is 0 Å². The Bertz CT molecular complexity index is 591. The van der Waals surface area contributed by atoms with Crippen LogP contribution in [0.25, 0.3) is 10.8 Å². The number of rotatable bonds is 5. The molecule has 0 radical (unpaired) electrons. The van der Waals surface area contributed by atoms with E-state index in [-0.39, 0.29) is 0 Å². The third kappa shape index (κ3) is 3.36. The van der Waals surface area contributed by atoms with Crippen LogP contribution in [0.5, 0.6) is 5.75 Å². The molecule has 1 aliphatic rings. The lowest BCUT2D eigenvalue weighted by molar-refractivity contribution is 0.0496. The van der Waals surface area contributed by atoms with Gasteiger partial charge in [-0.25, -0.2) is 0 Å². The van der Waals surface area contributed by atoms with Crippen molar-refractivity contribution in [1.82, 2.24) is 0 Å². The maximum atomic E-state index is 6.13. The van der Waals surface area contributed by atoms with Crippen LogP contribution >= 0.6 is 0 Å². The fraction of sp³-hybridized carbons (Fsp3) is 0.444. The predicted molar refractivity (Wildman–Crippen MR) is 85.7 cm³/mol. The van der Waals surface area contributed by atoms with E-state index >= 15 is 0 Å². The Morgan fingerprint density at radius 3 is 2.71 bits per heavy atom. The monoisotopic (exact) mass is 285 g/mol. The standard InChI is InChI=1S/C18H23NO2/c19-10-7-17-16-4-2-1-3-15(16)5-6-18(17)21-13-14-8-11-20-12-9-14/h1-6,14H,7-13,19H2. The van der Waals surface area contributed by atoms with Crippen LogP contribution in [-0.4, -0.2) is 26.4 Å². The van der Waals surface area contributed by atoms with Crippen molar-refractivity contribution in [2.24, 2.45) is 11.7 Å². The van der Waals surface area contributed by atoms with Gasteiger partial charge in [0.2, 0.25) is 0 Å². The van der Waals surface area contributed by atoms with E-state index in [1.54, 1.807) is 0 Å². The fourth-order valence-corrected chi connectivity index (χ4v) is 2.97. The predicted octanol–water partition coefficient (Wildman–Crippen LogP) is 3.15. The molecule has 1 aliphatic heterocycles. The molecule has 3 rings (SSSR count). The molecule has 21 heavy (non-hydrogen) atoms. The Labute approximate surface area is 126 Å². The lowest BCUT2D eigenvalue weighted by atomic mass is 10.00. The maximum Gasteiger partial charge on any atom is 0.123 e. The summed E-state index contributed by atoms with van der Waals surface area (Å²) in [7, 11) is 0. The van der Waals surface area contributed by atoms with Gasteiger partial charge in [0.1, 0.15) is 5.75 Å². The second-order valence-corrected chi connectivity index (χ2v) is 5.67. The molecule has 0 amide bonds. The number of hydrogen-bond acceptors (Lipinski definition) is 3. The van der Waals surface area contributed by atoms with Gasteiger partial charge in [-0.1, -0.05) is 30.3 Å². The van der Waals surface area contributed by atoms with Crippen LogP contribution < -0.4 is 10.5 Å². The first kappa shape index (κ1) is 14.4. The molecule has 3 nitrogen and oxygen atoms in total. The van der Waals surface area contributed by atoms with Crippen LogP contribution in [0.1, 0.15) is 18.4 Å². The highest BCUT2D eigenvalue weighted by atomic mass is 16.5.